The SMILES string of the molecule is Cc1ccc(F)cc1NC(=O)[C@@H](C)NC(=O)c1cnn2ccn(C)c12. The highest BCUT2D eigenvalue weighted by Gasteiger charge is 2.21. The molecule has 2 N–H and O–H groups in total. The van der Waals surface area contributed by atoms with Crippen LogP contribution in [0.2, 0.25) is 0 Å². The van der Waals surface area contributed by atoms with E-state index < -0.39 is 23.7 Å². The van der Waals surface area contributed by atoms with Crippen molar-refractivity contribution in [1.82, 2.24) is 19.5 Å². The number of nitrogens with one attached hydrogen (secondary N) is 2. The second-order valence-corrected chi connectivity index (χ2v) is 5.88. The molecule has 0 bridgehead atoms. The summed E-state index contributed by atoms with van der Waals surface area (Å²) in [5.74, 6) is -1.28. The molecule has 0 fully saturated rings. The molecule has 0 aliphatic carbocycles. The molecule has 0 aliphatic heterocycles. The van der Waals surface area contributed by atoms with Gasteiger partial charge in [-0.3, -0.25) is 9.59 Å². The average Bonchev–Trinajstić information content (AvgIpc) is 3.14. The first-order valence-corrected chi connectivity index (χ1v) is 7.73. The minimum absolute atomic E-state index is 0.370. The maximum Gasteiger partial charge on any atom is 0.257 e. The molecule has 3 aromatic rings. The number of nitrogens with zero attached hydrogens (tertiary/aromatic N) is 3. The zero-order chi connectivity index (χ0) is 18.1. The van der Waals surface area contributed by atoms with E-state index >= 15 is 0 Å². The van der Waals surface area contributed by atoms with Gasteiger partial charge in [-0.15, -0.1) is 0 Å². The predicted molar refractivity (Wildman–Crippen MR) is 90.9 cm³/mol. The zero-order valence-corrected chi connectivity index (χ0v) is 14.1. The smallest absolute Gasteiger partial charge is 0.257 e. The van der Waals surface area contributed by atoms with Crippen LogP contribution in [-0.2, 0) is 11.8 Å². The molecule has 0 saturated heterocycles. The zero-order valence-electron chi connectivity index (χ0n) is 14.1. The predicted octanol–water partition coefficient (Wildman–Crippen LogP) is 1.88. The summed E-state index contributed by atoms with van der Waals surface area (Å²) in [5.41, 5.74) is 2.11. The molecule has 0 aliphatic rings. The van der Waals surface area contributed by atoms with Gasteiger partial charge in [-0.1, -0.05) is 6.07 Å². The number of imidazole rings is 1. The van der Waals surface area contributed by atoms with Crippen molar-refractivity contribution in [2.75, 3.05) is 5.32 Å². The number of hydrogen-bond donors (Lipinski definition) is 2. The van der Waals surface area contributed by atoms with E-state index in [0.29, 0.717) is 16.9 Å². The van der Waals surface area contributed by atoms with Gasteiger partial charge in [0.1, 0.15) is 23.1 Å². The molecule has 1 atom stereocenters. The van der Waals surface area contributed by atoms with Gasteiger partial charge in [-0.05, 0) is 31.5 Å². The molecule has 8 heteroatoms. The fourth-order valence-corrected chi connectivity index (χ4v) is 2.52. The molecule has 0 unspecified atom stereocenters. The summed E-state index contributed by atoms with van der Waals surface area (Å²) >= 11 is 0. The van der Waals surface area contributed by atoms with Crippen molar-refractivity contribution in [2.45, 2.75) is 19.9 Å². The number of amides is 2. The number of hydrogen-bond acceptors (Lipinski definition) is 3. The third kappa shape index (κ3) is 3.23. The molecule has 2 amide bonds. The highest BCUT2D eigenvalue weighted by Crippen LogP contribution is 2.16. The van der Waals surface area contributed by atoms with Crippen molar-refractivity contribution in [3.63, 3.8) is 0 Å². The number of anilines is 1. The fourth-order valence-electron chi connectivity index (χ4n) is 2.52. The van der Waals surface area contributed by atoms with E-state index in [1.165, 1.54) is 18.3 Å². The molecule has 7 nitrogen and oxygen atoms in total. The van der Waals surface area contributed by atoms with E-state index in [1.54, 1.807) is 48.4 Å². The summed E-state index contributed by atoms with van der Waals surface area (Å²) in [7, 11) is 1.80. The van der Waals surface area contributed by atoms with Gasteiger partial charge in [0.2, 0.25) is 5.91 Å². The Morgan fingerprint density at radius 2 is 2.04 bits per heavy atom. The normalized spacial score (nSPS) is 12.2. The van der Waals surface area contributed by atoms with Crippen molar-refractivity contribution in [3.8, 4) is 0 Å². The minimum atomic E-state index is -0.801. The number of carbonyl (C=O) groups is 2. The first-order chi connectivity index (χ1) is 11.9. The molecule has 130 valence electrons. The second-order valence-electron chi connectivity index (χ2n) is 5.88. The number of halogens is 1. The van der Waals surface area contributed by atoms with Crippen LogP contribution in [0.4, 0.5) is 10.1 Å². The number of aromatic nitrogens is 3. The Labute approximate surface area is 143 Å². The Bertz CT molecular complexity index is 959. The molecule has 0 spiro atoms. The van der Waals surface area contributed by atoms with Crippen LogP contribution in [-0.4, -0.2) is 32.0 Å². The highest BCUT2D eigenvalue weighted by molar-refractivity contribution is 6.04. The quantitative estimate of drug-likeness (QED) is 0.759. The maximum atomic E-state index is 13.3. The van der Waals surface area contributed by atoms with Crippen molar-refractivity contribution < 1.29 is 14.0 Å². The summed E-state index contributed by atoms with van der Waals surface area (Å²) in [5, 5.41) is 9.35. The van der Waals surface area contributed by atoms with Crippen LogP contribution in [0, 0.1) is 12.7 Å². The van der Waals surface area contributed by atoms with E-state index in [4.69, 9.17) is 0 Å². The molecule has 3 rings (SSSR count). The first-order valence-electron chi connectivity index (χ1n) is 7.73. The van der Waals surface area contributed by atoms with Crippen molar-refractivity contribution in [2.24, 2.45) is 7.05 Å². The standard InChI is InChI=1S/C17H18FN5O2/c1-10-4-5-12(18)8-14(10)21-15(24)11(2)20-16(25)13-9-19-23-7-6-22(3)17(13)23/h4-9,11H,1-3H3,(H,20,25)(H,21,24)/t11-/m1/s1. The monoisotopic (exact) mass is 343 g/mol. The number of fused-ring (bicyclic) bond motifs is 1. The maximum absolute atomic E-state index is 13.3. The molecule has 2 heterocycles. The van der Waals surface area contributed by atoms with Gasteiger partial charge < -0.3 is 15.2 Å². The van der Waals surface area contributed by atoms with Crippen molar-refractivity contribution in [1.29, 1.82) is 0 Å². The van der Waals surface area contributed by atoms with Gasteiger partial charge in [-0.25, -0.2) is 8.91 Å². The minimum Gasteiger partial charge on any atom is -0.340 e. The number of aryl methyl sites for hydroxylation is 2. The van der Waals surface area contributed by atoms with Gasteiger partial charge in [0.15, 0.2) is 0 Å². The van der Waals surface area contributed by atoms with E-state index in [9.17, 15) is 14.0 Å². The lowest BCUT2D eigenvalue weighted by molar-refractivity contribution is -0.117. The van der Waals surface area contributed by atoms with Gasteiger partial charge in [0, 0.05) is 25.1 Å². The number of benzene rings is 1. The lowest BCUT2D eigenvalue weighted by Gasteiger charge is -2.15. The number of carbonyl (C=O) groups excluding carboxylic acids is 2. The molecule has 0 radical (unpaired) electrons. The molecular formula is C17H18FN5O2. The third-order valence-electron chi connectivity index (χ3n) is 3.98. The van der Waals surface area contributed by atoms with Gasteiger partial charge in [0.25, 0.3) is 5.91 Å². The fraction of sp³-hybridized carbons (Fsp3) is 0.235. The van der Waals surface area contributed by atoms with E-state index in [1.807, 2.05) is 0 Å². The average molecular weight is 343 g/mol. The molecular weight excluding hydrogens is 325 g/mol. The Balaban J connectivity index is 1.71. The lowest BCUT2D eigenvalue weighted by atomic mass is 10.2. The van der Waals surface area contributed by atoms with Gasteiger partial charge >= 0.3 is 0 Å². The van der Waals surface area contributed by atoms with Crippen molar-refractivity contribution in [3.05, 3.63) is 53.7 Å². The Morgan fingerprint density at radius 3 is 2.80 bits per heavy atom. The van der Waals surface area contributed by atoms with E-state index in [-0.39, 0.29) is 0 Å². The first kappa shape index (κ1) is 16.7. The number of rotatable bonds is 4. The summed E-state index contributed by atoms with van der Waals surface area (Å²) in [6.07, 6.45) is 4.96. The van der Waals surface area contributed by atoms with Crippen LogP contribution >= 0.6 is 0 Å². The third-order valence-corrected chi connectivity index (χ3v) is 3.98. The molecule has 1 aromatic carbocycles. The van der Waals surface area contributed by atoms with Crippen LogP contribution in [0.3, 0.4) is 0 Å². The van der Waals surface area contributed by atoms with Crippen LogP contribution < -0.4 is 10.6 Å². The Hall–Kier alpha value is -3.16. The van der Waals surface area contributed by atoms with Gasteiger partial charge in [-0.2, -0.15) is 5.10 Å². The second kappa shape index (κ2) is 6.39. The summed E-state index contributed by atoms with van der Waals surface area (Å²) in [6, 6.07) is 3.34. The summed E-state index contributed by atoms with van der Waals surface area (Å²) in [4.78, 5) is 24.7. The molecule has 2 aromatic heterocycles. The summed E-state index contributed by atoms with van der Waals surface area (Å²) < 4.78 is 16.7. The van der Waals surface area contributed by atoms with Crippen LogP contribution in [0.15, 0.2) is 36.8 Å². The van der Waals surface area contributed by atoms with Crippen molar-refractivity contribution >= 4 is 23.1 Å². The van der Waals surface area contributed by atoms with Crippen LogP contribution in [0.1, 0.15) is 22.8 Å². The summed E-state index contributed by atoms with van der Waals surface area (Å²) in [6.45, 7) is 3.32. The van der Waals surface area contributed by atoms with Crippen LogP contribution in [0.5, 0.6) is 0 Å². The van der Waals surface area contributed by atoms with E-state index in [0.717, 1.165) is 5.56 Å². The lowest BCUT2D eigenvalue weighted by Crippen LogP contribution is -2.41. The highest BCUT2D eigenvalue weighted by atomic mass is 19.1. The van der Waals surface area contributed by atoms with Gasteiger partial charge in [0.05, 0.1) is 6.20 Å². The molecule has 0 saturated carbocycles. The van der Waals surface area contributed by atoms with E-state index in [2.05, 4.69) is 15.7 Å². The van der Waals surface area contributed by atoms with Crippen LogP contribution in [0.25, 0.3) is 5.65 Å². The topological polar surface area (TPSA) is 80.4 Å². The Kier molecular flexibility index (Phi) is 4.26. The molecule has 25 heavy (non-hydrogen) atoms. The largest absolute Gasteiger partial charge is 0.340 e. The Morgan fingerprint density at radius 1 is 1.28 bits per heavy atom.